The number of rotatable bonds is 3. The van der Waals surface area contributed by atoms with Gasteiger partial charge in [0.15, 0.2) is 0 Å². The first kappa shape index (κ1) is 20.4. The van der Waals surface area contributed by atoms with E-state index in [2.05, 4.69) is 10.6 Å². The van der Waals surface area contributed by atoms with Gasteiger partial charge in [0.25, 0.3) is 5.91 Å². The van der Waals surface area contributed by atoms with E-state index >= 15 is 0 Å². The molecule has 0 radical (unpaired) electrons. The van der Waals surface area contributed by atoms with Gasteiger partial charge < -0.3 is 21.1 Å². The Bertz CT molecular complexity index is 576. The number of nitrogens with one attached hydrogen (secondary N) is 2. The Kier molecular flexibility index (Phi) is 6.77. The second-order valence-electron chi connectivity index (χ2n) is 7.00. The molecule has 0 aliphatic carbocycles. The fraction of sp³-hybridized carbons (Fsp3) is 0.529. The van der Waals surface area contributed by atoms with Crippen molar-refractivity contribution in [2.24, 2.45) is 5.73 Å². The van der Waals surface area contributed by atoms with Gasteiger partial charge in [-0.15, -0.1) is 12.4 Å². The molecule has 0 unspecified atom stereocenters. The molecular weight excluding hydrogens is 330 g/mol. The molecule has 24 heavy (non-hydrogen) atoms. The Morgan fingerprint density at radius 1 is 1.12 bits per heavy atom. The van der Waals surface area contributed by atoms with Crippen LogP contribution in [0.25, 0.3) is 0 Å². The highest BCUT2D eigenvalue weighted by atomic mass is 35.5. The van der Waals surface area contributed by atoms with E-state index in [1.165, 1.54) is 0 Å². The van der Waals surface area contributed by atoms with Crippen molar-refractivity contribution in [2.75, 3.05) is 18.5 Å². The molecule has 0 bridgehead atoms. The van der Waals surface area contributed by atoms with Crippen LogP contribution in [0.4, 0.5) is 5.69 Å². The van der Waals surface area contributed by atoms with Crippen LogP contribution in [-0.2, 0) is 9.53 Å². The van der Waals surface area contributed by atoms with Gasteiger partial charge in [-0.25, -0.2) is 0 Å². The third-order valence-corrected chi connectivity index (χ3v) is 3.73. The first-order chi connectivity index (χ1) is 10.7. The summed E-state index contributed by atoms with van der Waals surface area (Å²) in [5.41, 5.74) is 6.13. The molecule has 0 spiro atoms. The Morgan fingerprint density at radius 2 is 1.67 bits per heavy atom. The summed E-state index contributed by atoms with van der Waals surface area (Å²) < 4.78 is 5.24. The first-order valence-electron chi connectivity index (χ1n) is 7.80. The van der Waals surface area contributed by atoms with E-state index < -0.39 is 5.54 Å². The molecule has 1 aliphatic rings. The molecule has 7 heteroatoms. The molecule has 1 aromatic rings. The van der Waals surface area contributed by atoms with Crippen molar-refractivity contribution < 1.29 is 14.3 Å². The zero-order valence-electron chi connectivity index (χ0n) is 14.3. The average Bonchev–Trinajstić information content (AvgIpc) is 2.47. The number of anilines is 1. The molecule has 4 N–H and O–H groups in total. The topological polar surface area (TPSA) is 93.5 Å². The van der Waals surface area contributed by atoms with Crippen molar-refractivity contribution in [2.45, 2.75) is 44.7 Å². The van der Waals surface area contributed by atoms with E-state index in [0.29, 0.717) is 37.3 Å². The van der Waals surface area contributed by atoms with Crippen LogP contribution in [0.3, 0.4) is 0 Å². The van der Waals surface area contributed by atoms with Crippen molar-refractivity contribution in [3.05, 3.63) is 29.8 Å². The number of hydrogen-bond donors (Lipinski definition) is 3. The number of carbonyl (C=O) groups is 2. The predicted molar refractivity (Wildman–Crippen MR) is 96.5 cm³/mol. The van der Waals surface area contributed by atoms with Gasteiger partial charge in [-0.1, -0.05) is 0 Å². The summed E-state index contributed by atoms with van der Waals surface area (Å²) in [5, 5.41) is 5.71. The maximum atomic E-state index is 12.3. The predicted octanol–water partition coefficient (Wildman–Crippen LogP) is 2.08. The number of carbonyl (C=O) groups excluding carboxylic acids is 2. The summed E-state index contributed by atoms with van der Waals surface area (Å²) in [4.78, 5) is 24.4. The molecule has 2 amide bonds. The molecule has 6 nitrogen and oxygen atoms in total. The van der Waals surface area contributed by atoms with Crippen molar-refractivity contribution >= 4 is 29.9 Å². The molecule has 1 aromatic carbocycles. The normalized spacial score (nSPS) is 16.7. The van der Waals surface area contributed by atoms with Crippen molar-refractivity contribution in [1.82, 2.24) is 5.32 Å². The molecule has 2 rings (SSSR count). The van der Waals surface area contributed by atoms with Crippen molar-refractivity contribution in [3.8, 4) is 0 Å². The third-order valence-electron chi connectivity index (χ3n) is 3.73. The average molecular weight is 356 g/mol. The standard InChI is InChI=1S/C17H25N3O3.ClH/c1-16(2,3)20-14(21)12-4-6-13(7-5-12)19-15(22)17(18)8-10-23-11-9-17;/h4-7H,8-11,18H2,1-3H3,(H,19,22)(H,20,21);1H. The minimum Gasteiger partial charge on any atom is -0.381 e. The second kappa shape index (κ2) is 7.96. The lowest BCUT2D eigenvalue weighted by Gasteiger charge is -2.31. The maximum Gasteiger partial charge on any atom is 0.251 e. The van der Waals surface area contributed by atoms with Crippen molar-refractivity contribution in [1.29, 1.82) is 0 Å². The minimum atomic E-state index is -0.888. The lowest BCUT2D eigenvalue weighted by molar-refractivity contribution is -0.124. The van der Waals surface area contributed by atoms with Crippen molar-refractivity contribution in [3.63, 3.8) is 0 Å². The van der Waals surface area contributed by atoms with E-state index in [4.69, 9.17) is 10.5 Å². The second-order valence-corrected chi connectivity index (χ2v) is 7.00. The highest BCUT2D eigenvalue weighted by Crippen LogP contribution is 2.20. The first-order valence-corrected chi connectivity index (χ1v) is 7.80. The number of amides is 2. The highest BCUT2D eigenvalue weighted by Gasteiger charge is 2.35. The molecule has 0 atom stereocenters. The smallest absolute Gasteiger partial charge is 0.251 e. The SMILES string of the molecule is CC(C)(C)NC(=O)c1ccc(NC(=O)C2(N)CCOCC2)cc1.Cl. The van der Waals surface area contributed by atoms with Gasteiger partial charge in [0, 0.05) is 30.0 Å². The van der Waals surface area contributed by atoms with Gasteiger partial charge in [-0.05, 0) is 57.9 Å². The Labute approximate surface area is 148 Å². The minimum absolute atomic E-state index is 0. The van der Waals surface area contributed by atoms with Gasteiger partial charge in [-0.3, -0.25) is 9.59 Å². The number of hydrogen-bond acceptors (Lipinski definition) is 4. The fourth-order valence-corrected chi connectivity index (χ4v) is 2.34. The van der Waals surface area contributed by atoms with E-state index in [1.807, 2.05) is 20.8 Å². The lowest BCUT2D eigenvalue weighted by Crippen LogP contribution is -2.54. The summed E-state index contributed by atoms with van der Waals surface area (Å²) in [7, 11) is 0. The van der Waals surface area contributed by atoms with E-state index in [-0.39, 0.29) is 29.8 Å². The number of ether oxygens (including phenoxy) is 1. The molecule has 1 saturated heterocycles. The molecule has 1 fully saturated rings. The van der Waals surface area contributed by atoms with Crippen LogP contribution in [0, 0.1) is 0 Å². The molecule has 0 aromatic heterocycles. The molecule has 134 valence electrons. The monoisotopic (exact) mass is 355 g/mol. The largest absolute Gasteiger partial charge is 0.381 e. The van der Waals surface area contributed by atoms with Crippen LogP contribution in [0.5, 0.6) is 0 Å². The molecule has 0 saturated carbocycles. The number of halogens is 1. The highest BCUT2D eigenvalue weighted by molar-refractivity contribution is 5.99. The zero-order valence-corrected chi connectivity index (χ0v) is 15.2. The number of nitrogens with two attached hydrogens (primary N) is 1. The summed E-state index contributed by atoms with van der Waals surface area (Å²) in [6.07, 6.45) is 1.01. The Morgan fingerprint density at radius 3 is 2.17 bits per heavy atom. The summed E-state index contributed by atoms with van der Waals surface area (Å²) in [5.74, 6) is -0.359. The van der Waals surface area contributed by atoms with Gasteiger partial charge >= 0.3 is 0 Å². The van der Waals surface area contributed by atoms with Crippen LogP contribution < -0.4 is 16.4 Å². The van der Waals surface area contributed by atoms with Gasteiger partial charge in [-0.2, -0.15) is 0 Å². The van der Waals surface area contributed by atoms with E-state index in [1.54, 1.807) is 24.3 Å². The lowest BCUT2D eigenvalue weighted by atomic mass is 9.90. The zero-order chi connectivity index (χ0) is 17.1. The summed E-state index contributed by atoms with van der Waals surface area (Å²) >= 11 is 0. The quantitative estimate of drug-likeness (QED) is 0.773. The molecular formula is C17H26ClN3O3. The van der Waals surface area contributed by atoms with Gasteiger partial charge in [0.2, 0.25) is 5.91 Å². The van der Waals surface area contributed by atoms with E-state index in [9.17, 15) is 9.59 Å². The van der Waals surface area contributed by atoms with Crippen LogP contribution in [0.15, 0.2) is 24.3 Å². The van der Waals surface area contributed by atoms with Gasteiger partial charge in [0.05, 0.1) is 0 Å². The maximum absolute atomic E-state index is 12.3. The van der Waals surface area contributed by atoms with E-state index in [0.717, 1.165) is 0 Å². The molecule has 1 heterocycles. The summed E-state index contributed by atoms with van der Waals surface area (Å²) in [6.45, 7) is 6.77. The van der Waals surface area contributed by atoms with Crippen LogP contribution >= 0.6 is 12.4 Å². The third kappa shape index (κ3) is 5.47. The summed E-state index contributed by atoms with van der Waals surface area (Å²) in [6, 6.07) is 6.78. The van der Waals surface area contributed by atoms with Crippen LogP contribution in [0.1, 0.15) is 44.0 Å². The Hall–Kier alpha value is -1.63. The molecule has 1 aliphatic heterocycles. The van der Waals surface area contributed by atoms with Gasteiger partial charge in [0.1, 0.15) is 5.54 Å². The van der Waals surface area contributed by atoms with Crippen LogP contribution in [-0.4, -0.2) is 36.1 Å². The van der Waals surface area contributed by atoms with Crippen LogP contribution in [0.2, 0.25) is 0 Å². The fourth-order valence-electron chi connectivity index (χ4n) is 2.34. The number of benzene rings is 1. The Balaban J connectivity index is 0.00000288.